The van der Waals surface area contributed by atoms with E-state index in [0.29, 0.717) is 24.6 Å². The van der Waals surface area contributed by atoms with Crippen molar-refractivity contribution in [3.63, 3.8) is 0 Å². The first-order valence-electron chi connectivity index (χ1n) is 8.26. The average molecular weight is 327 g/mol. The van der Waals surface area contributed by atoms with Crippen LogP contribution in [0.2, 0.25) is 0 Å². The van der Waals surface area contributed by atoms with E-state index in [2.05, 4.69) is 15.2 Å². The summed E-state index contributed by atoms with van der Waals surface area (Å²) in [6.07, 6.45) is 4.96. The number of hydrogen-bond donors (Lipinski definition) is 1. The third kappa shape index (κ3) is 2.95. The molecule has 4 heterocycles. The minimum atomic E-state index is -0.0763. The van der Waals surface area contributed by atoms with E-state index >= 15 is 0 Å². The molecule has 0 aliphatic carbocycles. The highest BCUT2D eigenvalue weighted by Crippen LogP contribution is 2.41. The lowest BCUT2D eigenvalue weighted by Gasteiger charge is -2.27. The molecule has 0 unspecified atom stereocenters. The van der Waals surface area contributed by atoms with Crippen molar-refractivity contribution in [2.75, 3.05) is 32.8 Å². The van der Waals surface area contributed by atoms with Crippen molar-refractivity contribution in [3.8, 4) is 0 Å². The van der Waals surface area contributed by atoms with E-state index in [4.69, 9.17) is 9.15 Å². The Morgan fingerprint density at radius 3 is 3.17 bits per heavy atom. The van der Waals surface area contributed by atoms with Gasteiger partial charge in [-0.2, -0.15) is 0 Å². The van der Waals surface area contributed by atoms with Gasteiger partial charge in [-0.3, -0.25) is 14.7 Å². The zero-order valence-corrected chi connectivity index (χ0v) is 13.5. The standard InChI is InChI=1S/C18H21N3O3/c22-17(14-3-1-5-19-7-14)20-11-18-12-21(8-15(18)10-23-13-18)9-16-4-2-6-24-16/h1-7,15H,8-13H2,(H,20,22)/t15-,18+/m1/s1. The molecule has 2 atom stereocenters. The van der Waals surface area contributed by atoms with Crippen LogP contribution < -0.4 is 5.32 Å². The summed E-state index contributed by atoms with van der Waals surface area (Å²) < 4.78 is 11.2. The number of carbonyl (C=O) groups is 1. The summed E-state index contributed by atoms with van der Waals surface area (Å²) in [6, 6.07) is 7.47. The van der Waals surface area contributed by atoms with Crippen molar-refractivity contribution in [3.05, 3.63) is 54.2 Å². The van der Waals surface area contributed by atoms with Gasteiger partial charge >= 0.3 is 0 Å². The van der Waals surface area contributed by atoms with Crippen LogP contribution >= 0.6 is 0 Å². The van der Waals surface area contributed by atoms with E-state index in [-0.39, 0.29) is 11.3 Å². The lowest BCUT2D eigenvalue weighted by Crippen LogP contribution is -2.43. The highest BCUT2D eigenvalue weighted by molar-refractivity contribution is 5.93. The van der Waals surface area contributed by atoms with Crippen molar-refractivity contribution in [2.24, 2.45) is 11.3 Å². The van der Waals surface area contributed by atoms with E-state index < -0.39 is 0 Å². The fraction of sp³-hybridized carbons (Fsp3) is 0.444. The number of carbonyl (C=O) groups excluding carboxylic acids is 1. The van der Waals surface area contributed by atoms with Gasteiger partial charge in [0.1, 0.15) is 5.76 Å². The molecule has 6 nitrogen and oxygen atoms in total. The maximum absolute atomic E-state index is 12.3. The zero-order valence-electron chi connectivity index (χ0n) is 13.5. The summed E-state index contributed by atoms with van der Waals surface area (Å²) in [7, 11) is 0. The Morgan fingerprint density at radius 1 is 1.42 bits per heavy atom. The number of amides is 1. The Morgan fingerprint density at radius 2 is 2.38 bits per heavy atom. The summed E-state index contributed by atoms with van der Waals surface area (Å²) in [6.45, 7) is 4.77. The van der Waals surface area contributed by atoms with Crippen LogP contribution in [0.3, 0.4) is 0 Å². The second-order valence-electron chi connectivity index (χ2n) is 6.75. The molecule has 0 aromatic carbocycles. The zero-order chi connectivity index (χ0) is 16.4. The number of fused-ring (bicyclic) bond motifs is 1. The molecule has 2 aromatic heterocycles. The Kier molecular flexibility index (Phi) is 4.08. The second-order valence-corrected chi connectivity index (χ2v) is 6.75. The fourth-order valence-corrected chi connectivity index (χ4v) is 3.79. The van der Waals surface area contributed by atoms with E-state index in [1.807, 2.05) is 12.1 Å². The quantitative estimate of drug-likeness (QED) is 0.902. The van der Waals surface area contributed by atoms with Gasteiger partial charge in [0.2, 0.25) is 0 Å². The normalized spacial score (nSPS) is 26.4. The number of rotatable bonds is 5. The molecule has 6 heteroatoms. The summed E-state index contributed by atoms with van der Waals surface area (Å²) in [5, 5.41) is 3.07. The van der Waals surface area contributed by atoms with Gasteiger partial charge in [0.25, 0.3) is 5.91 Å². The molecule has 1 amide bonds. The van der Waals surface area contributed by atoms with E-state index in [0.717, 1.165) is 32.0 Å². The first-order valence-corrected chi connectivity index (χ1v) is 8.26. The largest absolute Gasteiger partial charge is 0.468 e. The van der Waals surface area contributed by atoms with E-state index in [1.54, 1.807) is 30.8 Å². The average Bonchev–Trinajstić information content (AvgIpc) is 3.30. The van der Waals surface area contributed by atoms with E-state index in [9.17, 15) is 4.79 Å². The number of aromatic nitrogens is 1. The molecule has 0 radical (unpaired) electrons. The van der Waals surface area contributed by atoms with Gasteiger partial charge in [-0.15, -0.1) is 0 Å². The Balaban J connectivity index is 1.40. The lowest BCUT2D eigenvalue weighted by molar-refractivity contribution is 0.0902. The molecule has 1 N–H and O–H groups in total. The molecule has 0 spiro atoms. The minimum Gasteiger partial charge on any atom is -0.468 e. The van der Waals surface area contributed by atoms with Crippen LogP contribution in [0.1, 0.15) is 16.1 Å². The SMILES string of the molecule is O=C(NC[C@]12COC[C@H]1CN(Cc1ccco1)C2)c1cccnc1. The predicted molar refractivity (Wildman–Crippen MR) is 87.3 cm³/mol. The van der Waals surface area contributed by atoms with Gasteiger partial charge in [0, 0.05) is 43.4 Å². The molecule has 2 aromatic rings. The highest BCUT2D eigenvalue weighted by Gasteiger charge is 2.50. The number of hydrogen-bond acceptors (Lipinski definition) is 5. The minimum absolute atomic E-state index is 0.00946. The topological polar surface area (TPSA) is 67.6 Å². The fourth-order valence-electron chi connectivity index (χ4n) is 3.79. The highest BCUT2D eigenvalue weighted by atomic mass is 16.5. The molecule has 2 aliphatic heterocycles. The van der Waals surface area contributed by atoms with Gasteiger partial charge < -0.3 is 14.5 Å². The smallest absolute Gasteiger partial charge is 0.252 e. The van der Waals surface area contributed by atoms with Crippen molar-refractivity contribution >= 4 is 5.91 Å². The number of nitrogens with zero attached hydrogens (tertiary/aromatic N) is 2. The van der Waals surface area contributed by atoms with Crippen LogP contribution in [0.25, 0.3) is 0 Å². The molecule has 2 saturated heterocycles. The summed E-state index contributed by atoms with van der Waals surface area (Å²) in [5.74, 6) is 1.35. The van der Waals surface area contributed by atoms with Gasteiger partial charge in [-0.1, -0.05) is 0 Å². The number of likely N-dealkylation sites (tertiary alicyclic amines) is 1. The van der Waals surface area contributed by atoms with Gasteiger partial charge in [-0.05, 0) is 24.3 Å². The monoisotopic (exact) mass is 327 g/mol. The molecule has 0 bridgehead atoms. The maximum Gasteiger partial charge on any atom is 0.252 e. The number of pyridine rings is 1. The second kappa shape index (κ2) is 6.37. The molecular formula is C18H21N3O3. The van der Waals surface area contributed by atoms with Crippen molar-refractivity contribution in [1.29, 1.82) is 0 Å². The van der Waals surface area contributed by atoms with E-state index in [1.165, 1.54) is 0 Å². The Labute approximate surface area is 140 Å². The summed E-state index contributed by atoms with van der Waals surface area (Å²) in [4.78, 5) is 18.7. The first-order chi connectivity index (χ1) is 11.8. The third-order valence-electron chi connectivity index (χ3n) is 5.08. The van der Waals surface area contributed by atoms with Crippen LogP contribution in [0, 0.1) is 11.3 Å². The third-order valence-corrected chi connectivity index (χ3v) is 5.08. The van der Waals surface area contributed by atoms with Crippen LogP contribution in [0.4, 0.5) is 0 Å². The number of nitrogens with one attached hydrogen (secondary N) is 1. The molecule has 0 saturated carbocycles. The first kappa shape index (κ1) is 15.4. The molecule has 126 valence electrons. The maximum atomic E-state index is 12.3. The van der Waals surface area contributed by atoms with Gasteiger partial charge in [-0.25, -0.2) is 0 Å². The van der Waals surface area contributed by atoms with Crippen molar-refractivity contribution < 1.29 is 13.9 Å². The Hall–Kier alpha value is -2.18. The van der Waals surface area contributed by atoms with Crippen molar-refractivity contribution in [2.45, 2.75) is 6.54 Å². The van der Waals surface area contributed by atoms with Crippen LogP contribution in [-0.4, -0.2) is 48.6 Å². The Bertz CT molecular complexity index is 689. The summed E-state index contributed by atoms with van der Waals surface area (Å²) >= 11 is 0. The van der Waals surface area contributed by atoms with Crippen LogP contribution in [0.15, 0.2) is 47.3 Å². The molecule has 24 heavy (non-hydrogen) atoms. The van der Waals surface area contributed by atoms with Gasteiger partial charge in [0.15, 0.2) is 0 Å². The molecule has 2 fully saturated rings. The number of furan rings is 1. The number of ether oxygens (including phenoxy) is 1. The lowest BCUT2D eigenvalue weighted by atomic mass is 9.81. The predicted octanol–water partition coefficient (Wildman–Crippen LogP) is 1.55. The van der Waals surface area contributed by atoms with Gasteiger partial charge in [0.05, 0.1) is 31.6 Å². The summed E-state index contributed by atoms with van der Waals surface area (Å²) in [5.41, 5.74) is 0.583. The van der Waals surface area contributed by atoms with Crippen LogP contribution in [0.5, 0.6) is 0 Å². The van der Waals surface area contributed by atoms with Crippen LogP contribution in [-0.2, 0) is 11.3 Å². The molecular weight excluding hydrogens is 306 g/mol. The molecule has 4 rings (SSSR count). The molecule has 2 aliphatic rings. The van der Waals surface area contributed by atoms with Crippen molar-refractivity contribution in [1.82, 2.24) is 15.2 Å².